The standard InChI is InChI=1S/C18H12ClFN2O4S/c19-15-12-6-3-10(20)7-13(12)27-16(15)18(25)26-8-14(23)22-11-4-1-9(2-5-11)17(21)24/h1-7H,8H2,(H2,21,24)(H,22,23). The summed E-state index contributed by atoms with van der Waals surface area (Å²) in [6.07, 6.45) is 0. The molecular formula is C18H12ClFN2O4S. The van der Waals surface area contributed by atoms with Gasteiger partial charge in [-0.25, -0.2) is 9.18 Å². The van der Waals surface area contributed by atoms with Crippen LogP contribution in [0.1, 0.15) is 20.0 Å². The van der Waals surface area contributed by atoms with Crippen LogP contribution in [-0.4, -0.2) is 24.4 Å². The van der Waals surface area contributed by atoms with Crippen molar-refractivity contribution >= 4 is 56.5 Å². The van der Waals surface area contributed by atoms with Crippen molar-refractivity contribution in [3.63, 3.8) is 0 Å². The molecule has 0 aliphatic heterocycles. The number of rotatable bonds is 5. The van der Waals surface area contributed by atoms with Crippen LogP contribution in [0.4, 0.5) is 10.1 Å². The predicted molar refractivity (Wildman–Crippen MR) is 101 cm³/mol. The number of amides is 2. The lowest BCUT2D eigenvalue weighted by Crippen LogP contribution is -2.20. The van der Waals surface area contributed by atoms with Crippen LogP contribution < -0.4 is 11.1 Å². The molecule has 138 valence electrons. The van der Waals surface area contributed by atoms with Gasteiger partial charge in [0.1, 0.15) is 10.7 Å². The topological polar surface area (TPSA) is 98.5 Å². The van der Waals surface area contributed by atoms with Gasteiger partial charge in [-0.05, 0) is 42.5 Å². The molecule has 0 aliphatic carbocycles. The van der Waals surface area contributed by atoms with E-state index in [1.54, 1.807) is 0 Å². The number of fused-ring (bicyclic) bond motifs is 1. The van der Waals surface area contributed by atoms with Crippen LogP contribution in [-0.2, 0) is 9.53 Å². The second-order valence-electron chi connectivity index (χ2n) is 5.45. The van der Waals surface area contributed by atoms with Gasteiger partial charge in [0.05, 0.1) is 5.02 Å². The molecule has 27 heavy (non-hydrogen) atoms. The summed E-state index contributed by atoms with van der Waals surface area (Å²) in [6, 6.07) is 9.90. The van der Waals surface area contributed by atoms with Crippen molar-refractivity contribution < 1.29 is 23.5 Å². The first-order chi connectivity index (χ1) is 12.8. The minimum absolute atomic E-state index is 0.0934. The number of anilines is 1. The number of carbonyl (C=O) groups is 3. The van der Waals surface area contributed by atoms with Gasteiger partial charge in [-0.2, -0.15) is 0 Å². The molecular weight excluding hydrogens is 395 g/mol. The van der Waals surface area contributed by atoms with Gasteiger partial charge in [-0.15, -0.1) is 11.3 Å². The molecule has 0 radical (unpaired) electrons. The van der Waals surface area contributed by atoms with Crippen LogP contribution in [0.3, 0.4) is 0 Å². The summed E-state index contributed by atoms with van der Waals surface area (Å²) in [6.45, 7) is -0.532. The third kappa shape index (κ3) is 4.24. The summed E-state index contributed by atoms with van der Waals surface area (Å²) in [5, 5.41) is 3.21. The van der Waals surface area contributed by atoms with Gasteiger partial charge in [-0.1, -0.05) is 11.6 Å². The van der Waals surface area contributed by atoms with Gasteiger partial charge in [0, 0.05) is 21.3 Å². The van der Waals surface area contributed by atoms with E-state index >= 15 is 0 Å². The molecule has 3 aromatic rings. The molecule has 0 spiro atoms. The van der Waals surface area contributed by atoms with Gasteiger partial charge in [-0.3, -0.25) is 9.59 Å². The largest absolute Gasteiger partial charge is 0.451 e. The van der Waals surface area contributed by atoms with Crippen LogP contribution in [0.5, 0.6) is 0 Å². The molecule has 2 aromatic carbocycles. The van der Waals surface area contributed by atoms with Crippen molar-refractivity contribution in [3.8, 4) is 0 Å². The van der Waals surface area contributed by atoms with Crippen LogP contribution >= 0.6 is 22.9 Å². The van der Waals surface area contributed by atoms with Gasteiger partial charge >= 0.3 is 5.97 Å². The Morgan fingerprint density at radius 1 is 1.15 bits per heavy atom. The molecule has 6 nitrogen and oxygen atoms in total. The lowest BCUT2D eigenvalue weighted by Gasteiger charge is -2.06. The minimum atomic E-state index is -0.777. The Bertz CT molecular complexity index is 1050. The number of hydrogen-bond donors (Lipinski definition) is 2. The monoisotopic (exact) mass is 406 g/mol. The molecule has 0 bridgehead atoms. The highest BCUT2D eigenvalue weighted by molar-refractivity contribution is 7.21. The van der Waals surface area contributed by atoms with Gasteiger partial charge in [0.15, 0.2) is 6.61 Å². The zero-order valence-corrected chi connectivity index (χ0v) is 15.2. The van der Waals surface area contributed by atoms with Gasteiger partial charge in [0.25, 0.3) is 5.91 Å². The van der Waals surface area contributed by atoms with Crippen LogP contribution in [0.15, 0.2) is 42.5 Å². The first kappa shape index (κ1) is 18.8. The van der Waals surface area contributed by atoms with Crippen LogP contribution in [0.2, 0.25) is 5.02 Å². The SMILES string of the molecule is NC(=O)c1ccc(NC(=O)COC(=O)c2sc3cc(F)ccc3c2Cl)cc1. The molecule has 0 aliphatic rings. The summed E-state index contributed by atoms with van der Waals surface area (Å²) in [5.74, 6) is -2.37. The third-order valence-electron chi connectivity index (χ3n) is 3.56. The third-order valence-corrected chi connectivity index (χ3v) is 5.20. The fourth-order valence-corrected chi connectivity index (χ4v) is 3.71. The zero-order chi connectivity index (χ0) is 19.6. The van der Waals surface area contributed by atoms with Crippen LogP contribution in [0.25, 0.3) is 10.1 Å². The number of hydrogen-bond acceptors (Lipinski definition) is 5. The maximum atomic E-state index is 13.3. The van der Waals surface area contributed by atoms with Crippen molar-refractivity contribution in [1.29, 1.82) is 0 Å². The summed E-state index contributed by atoms with van der Waals surface area (Å²) in [5.41, 5.74) is 5.85. The maximum absolute atomic E-state index is 13.3. The van der Waals surface area contributed by atoms with E-state index in [-0.39, 0.29) is 9.90 Å². The highest BCUT2D eigenvalue weighted by atomic mass is 35.5. The van der Waals surface area contributed by atoms with Crippen molar-refractivity contribution in [2.75, 3.05) is 11.9 Å². The maximum Gasteiger partial charge on any atom is 0.350 e. The second kappa shape index (κ2) is 7.73. The molecule has 0 saturated heterocycles. The number of halogens is 2. The second-order valence-corrected chi connectivity index (χ2v) is 6.88. The van der Waals surface area contributed by atoms with E-state index < -0.39 is 30.2 Å². The van der Waals surface area contributed by atoms with Crippen molar-refractivity contribution in [1.82, 2.24) is 0 Å². The Hall–Kier alpha value is -2.97. The lowest BCUT2D eigenvalue weighted by molar-refractivity contribution is -0.119. The van der Waals surface area contributed by atoms with E-state index in [1.807, 2.05) is 0 Å². The fraction of sp³-hybridized carbons (Fsp3) is 0.0556. The number of nitrogens with two attached hydrogens (primary N) is 1. The zero-order valence-electron chi connectivity index (χ0n) is 13.6. The van der Waals surface area contributed by atoms with E-state index in [9.17, 15) is 18.8 Å². The number of primary amides is 1. The Morgan fingerprint density at radius 2 is 1.85 bits per heavy atom. The number of carbonyl (C=O) groups excluding carboxylic acids is 3. The van der Waals surface area contributed by atoms with Crippen LogP contribution in [0, 0.1) is 5.82 Å². The number of ether oxygens (including phenoxy) is 1. The summed E-state index contributed by atoms with van der Waals surface area (Å²) >= 11 is 7.12. The van der Waals surface area contributed by atoms with E-state index in [4.69, 9.17) is 22.1 Å². The van der Waals surface area contributed by atoms with E-state index in [0.29, 0.717) is 21.3 Å². The lowest BCUT2D eigenvalue weighted by atomic mass is 10.2. The molecule has 0 unspecified atom stereocenters. The highest BCUT2D eigenvalue weighted by Crippen LogP contribution is 2.36. The van der Waals surface area contributed by atoms with Crippen molar-refractivity contribution in [2.45, 2.75) is 0 Å². The fourth-order valence-electron chi connectivity index (χ4n) is 2.28. The quantitative estimate of drug-likeness (QED) is 0.632. The Morgan fingerprint density at radius 3 is 2.52 bits per heavy atom. The van der Waals surface area contributed by atoms with Gasteiger partial charge < -0.3 is 15.8 Å². The molecule has 3 N–H and O–H groups in total. The molecule has 0 fully saturated rings. The molecule has 1 aromatic heterocycles. The van der Waals surface area contributed by atoms with Crippen molar-refractivity contribution in [3.05, 3.63) is 63.7 Å². The van der Waals surface area contributed by atoms with Gasteiger partial charge in [0.2, 0.25) is 5.91 Å². The average molecular weight is 407 g/mol. The Kier molecular flexibility index (Phi) is 5.38. The van der Waals surface area contributed by atoms with E-state index in [0.717, 1.165) is 11.3 Å². The van der Waals surface area contributed by atoms with Crippen molar-refractivity contribution in [2.24, 2.45) is 5.73 Å². The smallest absolute Gasteiger partial charge is 0.350 e. The van der Waals surface area contributed by atoms with E-state index in [2.05, 4.69) is 5.32 Å². The number of thiophene rings is 1. The first-order valence-electron chi connectivity index (χ1n) is 7.59. The summed E-state index contributed by atoms with van der Waals surface area (Å²) in [4.78, 5) is 35.2. The summed E-state index contributed by atoms with van der Waals surface area (Å²) in [7, 11) is 0. The molecule has 1 heterocycles. The molecule has 0 atom stereocenters. The Balaban J connectivity index is 1.62. The number of nitrogens with one attached hydrogen (secondary N) is 1. The number of esters is 1. The predicted octanol–water partition coefficient (Wildman–Crippen LogP) is 3.59. The number of benzene rings is 2. The molecule has 3 rings (SSSR count). The molecule has 2 amide bonds. The average Bonchev–Trinajstić information content (AvgIpc) is 2.96. The highest BCUT2D eigenvalue weighted by Gasteiger charge is 2.19. The minimum Gasteiger partial charge on any atom is -0.451 e. The molecule has 9 heteroatoms. The van der Waals surface area contributed by atoms with E-state index in [1.165, 1.54) is 42.5 Å². The normalized spacial score (nSPS) is 10.6. The molecule has 0 saturated carbocycles. The summed E-state index contributed by atoms with van der Waals surface area (Å²) < 4.78 is 18.8. The Labute approximate surface area is 161 Å². The first-order valence-corrected chi connectivity index (χ1v) is 8.79.